The lowest BCUT2D eigenvalue weighted by molar-refractivity contribution is 0.477. The van der Waals surface area contributed by atoms with Crippen LogP contribution < -0.4 is 5.73 Å². The molecule has 0 fully saturated rings. The average molecular weight is 216 g/mol. The number of aromatic nitrogens is 1. The normalized spacial score (nSPS) is 12.2. The lowest BCUT2D eigenvalue weighted by Gasteiger charge is -2.17. The van der Waals surface area contributed by atoms with E-state index in [-0.39, 0.29) is 5.54 Å². The van der Waals surface area contributed by atoms with E-state index < -0.39 is 0 Å². The third-order valence-corrected chi connectivity index (χ3v) is 3.01. The highest BCUT2D eigenvalue weighted by atomic mass is 14.9. The van der Waals surface area contributed by atoms with Crippen LogP contribution in [0.5, 0.6) is 0 Å². The van der Waals surface area contributed by atoms with Gasteiger partial charge in [-0.15, -0.1) is 0 Å². The van der Waals surface area contributed by atoms with Crippen molar-refractivity contribution in [2.45, 2.75) is 32.2 Å². The summed E-state index contributed by atoms with van der Waals surface area (Å²) in [5.41, 5.74) is 8.58. The molecule has 2 nitrogen and oxygen atoms in total. The highest BCUT2D eigenvalue weighted by Gasteiger charge is 2.10. The first-order chi connectivity index (χ1) is 7.46. The number of aryl methyl sites for hydroxylation is 2. The number of fused-ring (bicyclic) bond motifs is 1. The SMILES string of the molecule is Cn1ccc2cc(CCC(C)(C)N)ccc21. The smallest absolute Gasteiger partial charge is 0.0477 e. The highest BCUT2D eigenvalue weighted by molar-refractivity contribution is 5.80. The molecule has 0 atom stereocenters. The molecule has 0 amide bonds. The Hall–Kier alpha value is -1.28. The topological polar surface area (TPSA) is 30.9 Å². The summed E-state index contributed by atoms with van der Waals surface area (Å²) < 4.78 is 2.14. The molecule has 2 aromatic rings. The Bertz CT molecular complexity index is 489. The van der Waals surface area contributed by atoms with Gasteiger partial charge < -0.3 is 10.3 Å². The Morgan fingerprint density at radius 1 is 1.25 bits per heavy atom. The molecule has 0 spiro atoms. The second kappa shape index (κ2) is 3.95. The van der Waals surface area contributed by atoms with Crippen LogP contribution in [0, 0.1) is 0 Å². The van der Waals surface area contributed by atoms with Gasteiger partial charge in [-0.2, -0.15) is 0 Å². The van der Waals surface area contributed by atoms with Crippen LogP contribution >= 0.6 is 0 Å². The molecule has 2 heteroatoms. The standard InChI is InChI=1S/C14H20N2/c1-14(2,15)8-6-11-4-5-13-12(10-11)7-9-16(13)3/h4-5,7,9-10H,6,8,15H2,1-3H3. The van der Waals surface area contributed by atoms with Crippen molar-refractivity contribution in [2.75, 3.05) is 0 Å². The molecule has 2 rings (SSSR count). The summed E-state index contributed by atoms with van der Waals surface area (Å²) >= 11 is 0. The van der Waals surface area contributed by atoms with Crippen LogP contribution in [0.4, 0.5) is 0 Å². The summed E-state index contributed by atoms with van der Waals surface area (Å²) in [6.07, 6.45) is 4.17. The monoisotopic (exact) mass is 216 g/mol. The van der Waals surface area contributed by atoms with Crippen LogP contribution in [0.1, 0.15) is 25.8 Å². The largest absolute Gasteiger partial charge is 0.351 e. The zero-order valence-corrected chi connectivity index (χ0v) is 10.3. The first kappa shape index (κ1) is 11.2. The molecule has 0 unspecified atom stereocenters. The van der Waals surface area contributed by atoms with E-state index >= 15 is 0 Å². The van der Waals surface area contributed by atoms with Crippen molar-refractivity contribution in [3.63, 3.8) is 0 Å². The van der Waals surface area contributed by atoms with Crippen LogP contribution in [-0.2, 0) is 13.5 Å². The van der Waals surface area contributed by atoms with Crippen molar-refractivity contribution in [1.82, 2.24) is 4.57 Å². The van der Waals surface area contributed by atoms with Gasteiger partial charge in [0.05, 0.1) is 0 Å². The fraction of sp³-hybridized carbons (Fsp3) is 0.429. The van der Waals surface area contributed by atoms with Gasteiger partial charge in [-0.05, 0) is 55.8 Å². The molecule has 86 valence electrons. The maximum Gasteiger partial charge on any atom is 0.0477 e. The second-order valence-electron chi connectivity index (χ2n) is 5.31. The van der Waals surface area contributed by atoms with Gasteiger partial charge in [0.25, 0.3) is 0 Å². The van der Waals surface area contributed by atoms with E-state index in [0.717, 1.165) is 12.8 Å². The lowest BCUT2D eigenvalue weighted by Crippen LogP contribution is -2.32. The molecule has 0 saturated heterocycles. The zero-order chi connectivity index (χ0) is 11.8. The Balaban J connectivity index is 2.20. The number of nitrogens with zero attached hydrogens (tertiary/aromatic N) is 1. The maximum absolute atomic E-state index is 6.00. The molecule has 1 heterocycles. The molecule has 0 aliphatic rings. The number of rotatable bonds is 3. The van der Waals surface area contributed by atoms with Gasteiger partial charge in [0.15, 0.2) is 0 Å². The molecular weight excluding hydrogens is 196 g/mol. The van der Waals surface area contributed by atoms with Crippen molar-refractivity contribution >= 4 is 10.9 Å². The van der Waals surface area contributed by atoms with Crippen LogP contribution in [0.15, 0.2) is 30.5 Å². The Kier molecular flexibility index (Phi) is 2.76. The number of hydrogen-bond donors (Lipinski definition) is 1. The van der Waals surface area contributed by atoms with Crippen molar-refractivity contribution < 1.29 is 0 Å². The fourth-order valence-electron chi connectivity index (χ4n) is 1.95. The van der Waals surface area contributed by atoms with E-state index in [0.29, 0.717) is 0 Å². The van der Waals surface area contributed by atoms with Crippen LogP contribution in [0.25, 0.3) is 10.9 Å². The summed E-state index contributed by atoms with van der Waals surface area (Å²) in [4.78, 5) is 0. The highest BCUT2D eigenvalue weighted by Crippen LogP contribution is 2.19. The minimum atomic E-state index is -0.0777. The van der Waals surface area contributed by atoms with E-state index in [4.69, 9.17) is 5.73 Å². The molecule has 1 aromatic carbocycles. The molecule has 0 bridgehead atoms. The van der Waals surface area contributed by atoms with E-state index in [1.54, 1.807) is 0 Å². The molecule has 0 radical (unpaired) electrons. The quantitative estimate of drug-likeness (QED) is 0.840. The predicted molar refractivity (Wildman–Crippen MR) is 69.5 cm³/mol. The van der Waals surface area contributed by atoms with Crippen molar-refractivity contribution in [2.24, 2.45) is 12.8 Å². The lowest BCUT2D eigenvalue weighted by atomic mass is 9.96. The molecule has 0 saturated carbocycles. The Morgan fingerprint density at radius 3 is 2.69 bits per heavy atom. The number of benzene rings is 1. The first-order valence-electron chi connectivity index (χ1n) is 5.78. The molecule has 1 aromatic heterocycles. The van der Waals surface area contributed by atoms with Gasteiger partial charge in [-0.3, -0.25) is 0 Å². The van der Waals surface area contributed by atoms with E-state index in [1.807, 2.05) is 0 Å². The van der Waals surface area contributed by atoms with Gasteiger partial charge >= 0.3 is 0 Å². The molecule has 0 aliphatic heterocycles. The minimum Gasteiger partial charge on any atom is -0.351 e. The first-order valence-corrected chi connectivity index (χ1v) is 5.78. The second-order valence-corrected chi connectivity index (χ2v) is 5.31. The zero-order valence-electron chi connectivity index (χ0n) is 10.3. The number of nitrogens with two attached hydrogens (primary N) is 1. The van der Waals surface area contributed by atoms with Crippen LogP contribution in [0.2, 0.25) is 0 Å². The van der Waals surface area contributed by atoms with Gasteiger partial charge in [-0.1, -0.05) is 6.07 Å². The molecule has 0 aliphatic carbocycles. The van der Waals surface area contributed by atoms with Gasteiger partial charge in [-0.25, -0.2) is 0 Å². The summed E-state index contributed by atoms with van der Waals surface area (Å²) in [6, 6.07) is 8.82. The van der Waals surface area contributed by atoms with Crippen molar-refractivity contribution in [1.29, 1.82) is 0 Å². The Labute approximate surface area is 97.1 Å². The van der Waals surface area contributed by atoms with Gasteiger partial charge in [0.2, 0.25) is 0 Å². The minimum absolute atomic E-state index is 0.0777. The van der Waals surface area contributed by atoms with Crippen molar-refractivity contribution in [3.05, 3.63) is 36.0 Å². The summed E-state index contributed by atoms with van der Waals surface area (Å²) in [5.74, 6) is 0. The number of hydrogen-bond acceptors (Lipinski definition) is 1. The molecule has 16 heavy (non-hydrogen) atoms. The average Bonchev–Trinajstić information content (AvgIpc) is 2.56. The predicted octanol–water partition coefficient (Wildman–Crippen LogP) is 2.85. The third kappa shape index (κ3) is 2.45. The summed E-state index contributed by atoms with van der Waals surface area (Å²) in [7, 11) is 2.07. The fourth-order valence-corrected chi connectivity index (χ4v) is 1.95. The summed E-state index contributed by atoms with van der Waals surface area (Å²) in [6.45, 7) is 4.15. The third-order valence-electron chi connectivity index (χ3n) is 3.01. The van der Waals surface area contributed by atoms with E-state index in [9.17, 15) is 0 Å². The van der Waals surface area contributed by atoms with Crippen molar-refractivity contribution in [3.8, 4) is 0 Å². The van der Waals surface area contributed by atoms with E-state index in [1.165, 1.54) is 16.5 Å². The molecule has 2 N–H and O–H groups in total. The summed E-state index contributed by atoms with van der Waals surface area (Å²) in [5, 5.41) is 1.31. The maximum atomic E-state index is 6.00. The Morgan fingerprint density at radius 2 is 2.00 bits per heavy atom. The van der Waals surface area contributed by atoms with Crippen LogP contribution in [-0.4, -0.2) is 10.1 Å². The van der Waals surface area contributed by atoms with Gasteiger partial charge in [0.1, 0.15) is 0 Å². The van der Waals surface area contributed by atoms with E-state index in [2.05, 4.69) is 55.9 Å². The van der Waals surface area contributed by atoms with Gasteiger partial charge in [0, 0.05) is 24.3 Å². The van der Waals surface area contributed by atoms with Crippen LogP contribution in [0.3, 0.4) is 0 Å². The molecular formula is C14H20N2.